The maximum Gasteiger partial charge on any atom is 0.213 e. The Morgan fingerprint density at radius 3 is 2.44 bits per heavy atom. The molecule has 0 heterocycles. The van der Waals surface area contributed by atoms with Crippen LogP contribution in [0.15, 0.2) is 30.0 Å². The van der Waals surface area contributed by atoms with Gasteiger partial charge in [-0.25, -0.2) is 4.79 Å². The van der Waals surface area contributed by atoms with Gasteiger partial charge in [-0.2, -0.15) is 0 Å². The van der Waals surface area contributed by atoms with Crippen molar-refractivity contribution in [3.63, 3.8) is 0 Å². The quantitative estimate of drug-likeness (QED) is 0.562. The van der Waals surface area contributed by atoms with Crippen molar-refractivity contribution in [2.45, 2.75) is 6.10 Å². The molecule has 1 rings (SSSR count). The molecule has 0 radical (unpaired) electrons. The van der Waals surface area contributed by atoms with Gasteiger partial charge in [0.25, 0.3) is 0 Å². The van der Waals surface area contributed by atoms with Gasteiger partial charge in [0.1, 0.15) is 5.75 Å². The molecular weight excluding hydrogens is 208 g/mol. The Morgan fingerprint density at radius 1 is 1.25 bits per heavy atom. The first-order valence-electron chi connectivity index (χ1n) is 4.73. The fraction of sp³-hybridized carbons (Fsp3) is 0.333. The van der Waals surface area contributed by atoms with Crippen LogP contribution >= 0.6 is 0 Å². The highest BCUT2D eigenvalue weighted by Crippen LogP contribution is 2.31. The van der Waals surface area contributed by atoms with E-state index in [4.69, 9.17) is 14.2 Å². The van der Waals surface area contributed by atoms with Gasteiger partial charge in [0.15, 0.2) is 12.0 Å². The lowest BCUT2D eigenvalue weighted by atomic mass is 10.1. The maximum atomic E-state index is 10.7. The zero-order valence-electron chi connectivity index (χ0n) is 9.52. The van der Waals surface area contributed by atoms with Gasteiger partial charge < -0.3 is 14.2 Å². The number of rotatable bonds is 5. The number of carbonyl (C=O) groups excluding carboxylic acids is 1. The van der Waals surface area contributed by atoms with Gasteiger partial charge in [-0.1, -0.05) is 18.2 Å². The highest BCUT2D eigenvalue weighted by atomic mass is 16.5. The summed E-state index contributed by atoms with van der Waals surface area (Å²) in [5, 5.41) is 0. The standard InChI is InChI=1S/C12H14O4/c1-14-10-7-5-4-6-9(10)12(16-3)11(8-13)15-2/h4-7,12H,1-3H3. The van der Waals surface area contributed by atoms with Crippen LogP contribution in [0.5, 0.6) is 5.75 Å². The smallest absolute Gasteiger partial charge is 0.213 e. The third kappa shape index (κ3) is 2.42. The van der Waals surface area contributed by atoms with Gasteiger partial charge in [-0.3, -0.25) is 0 Å². The van der Waals surface area contributed by atoms with Gasteiger partial charge in [0.2, 0.25) is 5.76 Å². The molecule has 86 valence electrons. The van der Waals surface area contributed by atoms with Crippen LogP contribution in [0.4, 0.5) is 0 Å². The monoisotopic (exact) mass is 222 g/mol. The average Bonchev–Trinajstić information content (AvgIpc) is 2.35. The summed E-state index contributed by atoms with van der Waals surface area (Å²) in [6.07, 6.45) is -0.598. The normalized spacial score (nSPS) is 11.4. The summed E-state index contributed by atoms with van der Waals surface area (Å²) in [5.74, 6) is 2.44. The molecule has 4 nitrogen and oxygen atoms in total. The van der Waals surface area contributed by atoms with Crippen molar-refractivity contribution >= 4 is 5.94 Å². The summed E-state index contributed by atoms with van der Waals surface area (Å²) in [6.45, 7) is 0. The predicted molar refractivity (Wildman–Crippen MR) is 59.0 cm³/mol. The first kappa shape index (κ1) is 12.3. The topological polar surface area (TPSA) is 44.8 Å². The summed E-state index contributed by atoms with van der Waals surface area (Å²) < 4.78 is 15.3. The fourth-order valence-corrected chi connectivity index (χ4v) is 1.46. The summed E-state index contributed by atoms with van der Waals surface area (Å²) in [4.78, 5) is 10.7. The second-order valence-electron chi connectivity index (χ2n) is 3.03. The molecule has 0 saturated heterocycles. The van der Waals surface area contributed by atoms with Crippen LogP contribution in [0.3, 0.4) is 0 Å². The van der Waals surface area contributed by atoms with Crippen LogP contribution < -0.4 is 4.74 Å². The SMILES string of the molecule is COC(=C=O)C(OC)c1ccccc1OC. The van der Waals surface area contributed by atoms with Crippen LogP contribution in [0.2, 0.25) is 0 Å². The highest BCUT2D eigenvalue weighted by Gasteiger charge is 2.21. The van der Waals surface area contributed by atoms with Crippen molar-refractivity contribution in [3.8, 4) is 5.75 Å². The molecule has 0 fully saturated rings. The Hall–Kier alpha value is -1.77. The van der Waals surface area contributed by atoms with E-state index >= 15 is 0 Å². The molecule has 0 aliphatic rings. The number of benzene rings is 1. The van der Waals surface area contributed by atoms with Gasteiger partial charge in [-0.05, 0) is 6.07 Å². The Kier molecular flexibility index (Phi) is 4.58. The lowest BCUT2D eigenvalue weighted by Gasteiger charge is -2.17. The molecule has 0 N–H and O–H groups in total. The minimum atomic E-state index is -0.598. The molecule has 1 aromatic carbocycles. The minimum absolute atomic E-state index is 0.0898. The van der Waals surface area contributed by atoms with E-state index < -0.39 is 6.10 Å². The molecule has 1 aromatic rings. The van der Waals surface area contributed by atoms with Crippen LogP contribution in [-0.2, 0) is 14.3 Å². The highest BCUT2D eigenvalue weighted by molar-refractivity contribution is 5.54. The number of para-hydroxylation sites is 1. The molecule has 0 spiro atoms. The molecule has 0 amide bonds. The summed E-state index contributed by atoms with van der Waals surface area (Å²) >= 11 is 0. The van der Waals surface area contributed by atoms with E-state index in [9.17, 15) is 4.79 Å². The van der Waals surface area contributed by atoms with E-state index in [1.165, 1.54) is 14.2 Å². The van der Waals surface area contributed by atoms with Crippen LogP contribution in [-0.4, -0.2) is 27.3 Å². The first-order valence-corrected chi connectivity index (χ1v) is 4.73. The number of hydrogen-bond acceptors (Lipinski definition) is 4. The van der Waals surface area contributed by atoms with E-state index in [1.54, 1.807) is 19.1 Å². The fourth-order valence-electron chi connectivity index (χ4n) is 1.46. The van der Waals surface area contributed by atoms with Gasteiger partial charge in [0.05, 0.1) is 14.2 Å². The van der Waals surface area contributed by atoms with Crippen LogP contribution in [0.1, 0.15) is 11.7 Å². The lowest BCUT2D eigenvalue weighted by Crippen LogP contribution is -2.09. The van der Waals surface area contributed by atoms with E-state index in [1.807, 2.05) is 18.2 Å². The molecule has 0 aromatic heterocycles. The largest absolute Gasteiger partial charge is 0.496 e. The Bertz CT molecular complexity index is 394. The van der Waals surface area contributed by atoms with Crippen molar-refractivity contribution in [3.05, 3.63) is 35.6 Å². The van der Waals surface area contributed by atoms with Gasteiger partial charge in [-0.15, -0.1) is 0 Å². The molecule has 4 heteroatoms. The second kappa shape index (κ2) is 5.95. The lowest BCUT2D eigenvalue weighted by molar-refractivity contribution is 0.0794. The molecule has 0 aliphatic carbocycles. The first-order chi connectivity index (χ1) is 7.78. The minimum Gasteiger partial charge on any atom is -0.496 e. The maximum absolute atomic E-state index is 10.7. The zero-order valence-corrected chi connectivity index (χ0v) is 9.52. The molecule has 0 aliphatic heterocycles. The number of methoxy groups -OCH3 is 3. The summed E-state index contributed by atoms with van der Waals surface area (Å²) in [6, 6.07) is 7.27. The molecular formula is C12H14O4. The van der Waals surface area contributed by atoms with Crippen molar-refractivity contribution in [1.29, 1.82) is 0 Å². The average molecular weight is 222 g/mol. The second-order valence-corrected chi connectivity index (χ2v) is 3.03. The molecule has 16 heavy (non-hydrogen) atoms. The summed E-state index contributed by atoms with van der Waals surface area (Å²) in [7, 11) is 4.46. The van der Waals surface area contributed by atoms with Crippen molar-refractivity contribution in [1.82, 2.24) is 0 Å². The van der Waals surface area contributed by atoms with Gasteiger partial charge >= 0.3 is 0 Å². The van der Waals surface area contributed by atoms with E-state index in [0.717, 1.165) is 5.56 Å². The van der Waals surface area contributed by atoms with E-state index in [-0.39, 0.29) is 5.76 Å². The molecule has 1 atom stereocenters. The molecule has 0 saturated carbocycles. The van der Waals surface area contributed by atoms with Gasteiger partial charge in [0, 0.05) is 12.7 Å². The molecule has 1 unspecified atom stereocenters. The van der Waals surface area contributed by atoms with Crippen LogP contribution in [0, 0.1) is 0 Å². The van der Waals surface area contributed by atoms with E-state index in [0.29, 0.717) is 5.75 Å². The zero-order chi connectivity index (χ0) is 12.0. The third-order valence-electron chi connectivity index (χ3n) is 2.22. The Balaban J connectivity index is 3.17. The number of ether oxygens (including phenoxy) is 3. The predicted octanol–water partition coefficient (Wildman–Crippen LogP) is 1.74. The molecule has 0 bridgehead atoms. The third-order valence-corrected chi connectivity index (χ3v) is 2.22. The Labute approximate surface area is 94.4 Å². The van der Waals surface area contributed by atoms with Crippen molar-refractivity contribution in [2.75, 3.05) is 21.3 Å². The summed E-state index contributed by atoms with van der Waals surface area (Å²) in [5.41, 5.74) is 0.729. The van der Waals surface area contributed by atoms with E-state index in [2.05, 4.69) is 0 Å². The van der Waals surface area contributed by atoms with Crippen molar-refractivity contribution in [2.24, 2.45) is 0 Å². The number of hydrogen-bond donors (Lipinski definition) is 0. The Morgan fingerprint density at radius 2 is 1.94 bits per heavy atom. The van der Waals surface area contributed by atoms with Crippen molar-refractivity contribution < 1.29 is 19.0 Å². The van der Waals surface area contributed by atoms with Crippen LogP contribution in [0.25, 0.3) is 0 Å².